The average Bonchev–Trinajstić information content (AvgIpc) is 2.89. The van der Waals surface area contributed by atoms with Gasteiger partial charge in [0.15, 0.2) is 0 Å². The summed E-state index contributed by atoms with van der Waals surface area (Å²) >= 11 is 0. The lowest BCUT2D eigenvalue weighted by Gasteiger charge is -2.45. The summed E-state index contributed by atoms with van der Waals surface area (Å²) in [6.07, 6.45) is 4.47. The first-order valence-corrected chi connectivity index (χ1v) is 7.33. The summed E-state index contributed by atoms with van der Waals surface area (Å²) in [7, 11) is 1.55. The molecule has 0 atom stereocenters. The Bertz CT molecular complexity index is 515. The van der Waals surface area contributed by atoms with Crippen LogP contribution >= 0.6 is 0 Å². The van der Waals surface area contributed by atoms with Gasteiger partial charge in [-0.05, 0) is 61.3 Å². The van der Waals surface area contributed by atoms with Gasteiger partial charge in [-0.2, -0.15) is 0 Å². The topological polar surface area (TPSA) is 41.1 Å². The third kappa shape index (κ3) is 2.44. The SMILES string of the molecule is CNC(=O)c1ccc(CC2CC3(CCNC3)C2)c(F)c1. The normalized spacial score (nSPS) is 28.4. The molecule has 1 aromatic rings. The van der Waals surface area contributed by atoms with Crippen LogP contribution in [0.25, 0.3) is 0 Å². The molecule has 0 bridgehead atoms. The van der Waals surface area contributed by atoms with Crippen LogP contribution in [0.15, 0.2) is 18.2 Å². The fourth-order valence-corrected chi connectivity index (χ4v) is 3.76. The first-order chi connectivity index (χ1) is 9.62. The van der Waals surface area contributed by atoms with E-state index in [1.165, 1.54) is 25.3 Å². The summed E-state index contributed by atoms with van der Waals surface area (Å²) in [6, 6.07) is 4.82. The molecule has 2 fully saturated rings. The highest BCUT2D eigenvalue weighted by molar-refractivity contribution is 5.94. The van der Waals surface area contributed by atoms with Crippen molar-refractivity contribution in [3.05, 3.63) is 35.1 Å². The van der Waals surface area contributed by atoms with E-state index in [4.69, 9.17) is 0 Å². The summed E-state index contributed by atoms with van der Waals surface area (Å²) in [4.78, 5) is 11.5. The number of hydrogen-bond donors (Lipinski definition) is 2. The fourth-order valence-electron chi connectivity index (χ4n) is 3.76. The van der Waals surface area contributed by atoms with Crippen molar-refractivity contribution in [1.29, 1.82) is 0 Å². The first-order valence-electron chi connectivity index (χ1n) is 7.33. The first kappa shape index (κ1) is 13.6. The van der Waals surface area contributed by atoms with E-state index in [0.29, 0.717) is 16.9 Å². The molecule has 3 rings (SSSR count). The maximum atomic E-state index is 14.0. The van der Waals surface area contributed by atoms with Crippen LogP contribution in [0.3, 0.4) is 0 Å². The number of carbonyl (C=O) groups excluding carboxylic acids is 1. The lowest BCUT2D eigenvalue weighted by molar-refractivity contribution is 0.0763. The van der Waals surface area contributed by atoms with E-state index in [0.717, 1.165) is 25.1 Å². The van der Waals surface area contributed by atoms with Crippen molar-refractivity contribution < 1.29 is 9.18 Å². The van der Waals surface area contributed by atoms with Gasteiger partial charge in [-0.3, -0.25) is 4.79 Å². The summed E-state index contributed by atoms with van der Waals surface area (Å²) in [6.45, 7) is 2.25. The number of carbonyl (C=O) groups is 1. The Kier molecular flexibility index (Phi) is 3.50. The molecule has 0 aromatic heterocycles. The van der Waals surface area contributed by atoms with Crippen LogP contribution in [0.4, 0.5) is 4.39 Å². The van der Waals surface area contributed by atoms with Gasteiger partial charge in [0, 0.05) is 19.2 Å². The van der Waals surface area contributed by atoms with Crippen molar-refractivity contribution in [2.24, 2.45) is 11.3 Å². The molecule has 2 N–H and O–H groups in total. The zero-order valence-corrected chi connectivity index (χ0v) is 11.8. The van der Waals surface area contributed by atoms with Crippen molar-refractivity contribution in [2.75, 3.05) is 20.1 Å². The van der Waals surface area contributed by atoms with Gasteiger partial charge in [-0.1, -0.05) is 6.07 Å². The number of benzene rings is 1. The van der Waals surface area contributed by atoms with Crippen LogP contribution in [0.2, 0.25) is 0 Å². The van der Waals surface area contributed by atoms with Crippen LogP contribution < -0.4 is 10.6 Å². The lowest BCUT2D eigenvalue weighted by Crippen LogP contribution is -2.39. The lowest BCUT2D eigenvalue weighted by atomic mass is 9.60. The predicted octanol–water partition coefficient (Wildman–Crippen LogP) is 2.12. The summed E-state index contributed by atoms with van der Waals surface area (Å²) in [5.41, 5.74) is 1.63. The molecule has 3 nitrogen and oxygen atoms in total. The highest BCUT2D eigenvalue weighted by atomic mass is 19.1. The molecule has 1 aromatic carbocycles. The molecular weight excluding hydrogens is 255 g/mol. The van der Waals surface area contributed by atoms with E-state index in [9.17, 15) is 9.18 Å². The smallest absolute Gasteiger partial charge is 0.251 e. The Morgan fingerprint density at radius 1 is 1.50 bits per heavy atom. The second-order valence-corrected chi connectivity index (χ2v) is 6.29. The van der Waals surface area contributed by atoms with Gasteiger partial charge in [0.2, 0.25) is 0 Å². The molecule has 108 valence electrons. The zero-order valence-electron chi connectivity index (χ0n) is 11.8. The third-order valence-corrected chi connectivity index (χ3v) is 4.83. The number of rotatable bonds is 3. The molecule has 0 unspecified atom stereocenters. The molecule has 1 aliphatic carbocycles. The summed E-state index contributed by atoms with van der Waals surface area (Å²) < 4.78 is 14.0. The van der Waals surface area contributed by atoms with E-state index < -0.39 is 0 Å². The van der Waals surface area contributed by atoms with Gasteiger partial charge in [-0.25, -0.2) is 4.39 Å². The molecule has 1 aliphatic heterocycles. The largest absolute Gasteiger partial charge is 0.355 e. The fraction of sp³-hybridized carbons (Fsp3) is 0.562. The van der Waals surface area contributed by atoms with E-state index in [1.54, 1.807) is 19.2 Å². The van der Waals surface area contributed by atoms with Crippen molar-refractivity contribution >= 4 is 5.91 Å². The molecule has 2 aliphatic rings. The van der Waals surface area contributed by atoms with E-state index >= 15 is 0 Å². The minimum Gasteiger partial charge on any atom is -0.355 e. The van der Waals surface area contributed by atoms with E-state index in [-0.39, 0.29) is 11.7 Å². The van der Waals surface area contributed by atoms with Gasteiger partial charge in [0.25, 0.3) is 5.91 Å². The van der Waals surface area contributed by atoms with Gasteiger partial charge in [0.1, 0.15) is 5.82 Å². The van der Waals surface area contributed by atoms with Crippen molar-refractivity contribution in [2.45, 2.75) is 25.7 Å². The number of hydrogen-bond acceptors (Lipinski definition) is 2. The second-order valence-electron chi connectivity index (χ2n) is 6.29. The molecular formula is C16H21FN2O. The number of amides is 1. The molecule has 1 amide bonds. The van der Waals surface area contributed by atoms with Gasteiger partial charge in [0.05, 0.1) is 0 Å². The molecule has 0 radical (unpaired) electrons. The minimum absolute atomic E-state index is 0.241. The maximum absolute atomic E-state index is 14.0. The summed E-state index contributed by atoms with van der Waals surface area (Å²) in [5.74, 6) is 0.0990. The van der Waals surface area contributed by atoms with Gasteiger partial charge < -0.3 is 10.6 Å². The Morgan fingerprint density at radius 3 is 2.90 bits per heavy atom. The number of halogens is 1. The van der Waals surface area contributed by atoms with Crippen molar-refractivity contribution in [3.63, 3.8) is 0 Å². The monoisotopic (exact) mass is 276 g/mol. The number of nitrogens with one attached hydrogen (secondary N) is 2. The molecule has 1 spiro atoms. The average molecular weight is 276 g/mol. The maximum Gasteiger partial charge on any atom is 0.251 e. The predicted molar refractivity (Wildman–Crippen MR) is 76.1 cm³/mol. The molecule has 1 heterocycles. The van der Waals surface area contributed by atoms with E-state index in [2.05, 4.69) is 10.6 Å². The minimum atomic E-state index is -0.253. The van der Waals surface area contributed by atoms with Crippen LogP contribution in [0, 0.1) is 17.2 Å². The molecule has 20 heavy (non-hydrogen) atoms. The van der Waals surface area contributed by atoms with Crippen LogP contribution in [0.1, 0.15) is 35.2 Å². The van der Waals surface area contributed by atoms with Crippen molar-refractivity contribution in [3.8, 4) is 0 Å². The van der Waals surface area contributed by atoms with Crippen molar-refractivity contribution in [1.82, 2.24) is 10.6 Å². The van der Waals surface area contributed by atoms with Gasteiger partial charge in [-0.15, -0.1) is 0 Å². The molecule has 1 saturated heterocycles. The third-order valence-electron chi connectivity index (χ3n) is 4.83. The Labute approximate surface area is 118 Å². The van der Waals surface area contributed by atoms with Gasteiger partial charge >= 0.3 is 0 Å². The Balaban J connectivity index is 1.62. The Morgan fingerprint density at radius 2 is 2.30 bits per heavy atom. The molecule has 1 saturated carbocycles. The van der Waals surface area contributed by atoms with E-state index in [1.807, 2.05) is 0 Å². The highest BCUT2D eigenvalue weighted by Crippen LogP contribution is 2.50. The quantitative estimate of drug-likeness (QED) is 0.888. The summed E-state index contributed by atoms with van der Waals surface area (Å²) in [5, 5.41) is 5.93. The zero-order chi connectivity index (χ0) is 14.2. The second kappa shape index (κ2) is 5.17. The standard InChI is InChI=1S/C16H21FN2O/c1-18-15(20)13-3-2-12(14(17)7-13)6-11-8-16(9-11)4-5-19-10-16/h2-3,7,11,19H,4-6,8-10H2,1H3,(H,18,20). The highest BCUT2D eigenvalue weighted by Gasteiger charge is 2.45. The van der Waals surface area contributed by atoms with Crippen LogP contribution in [-0.4, -0.2) is 26.0 Å². The van der Waals surface area contributed by atoms with Crippen LogP contribution in [0.5, 0.6) is 0 Å². The van der Waals surface area contributed by atoms with Crippen LogP contribution in [-0.2, 0) is 6.42 Å². The molecule has 4 heteroatoms. The Hall–Kier alpha value is -1.42.